The van der Waals surface area contributed by atoms with E-state index in [1.54, 1.807) is 0 Å². The summed E-state index contributed by atoms with van der Waals surface area (Å²) in [5.74, 6) is -2.56. The average Bonchev–Trinajstić information content (AvgIpc) is 4.01. The zero-order valence-corrected chi connectivity index (χ0v) is 37.4. The lowest BCUT2D eigenvalue weighted by Crippen LogP contribution is -2.14. The number of rotatable bonds is 29. The highest BCUT2D eigenvalue weighted by molar-refractivity contribution is 5.80. The number of aliphatic carboxylic acids is 4. The summed E-state index contributed by atoms with van der Waals surface area (Å²) in [6.45, 7) is 9.06. The van der Waals surface area contributed by atoms with Crippen molar-refractivity contribution in [2.24, 2.45) is 21.7 Å². The largest absolute Gasteiger partial charge is 0.481 e. The zero-order valence-electron chi connectivity index (χ0n) is 37.4. The van der Waals surface area contributed by atoms with Crippen molar-refractivity contribution >= 4 is 23.9 Å². The first kappa shape index (κ1) is 45.8. The maximum absolute atomic E-state index is 12.0. The number of benzene rings is 2. The summed E-state index contributed by atoms with van der Waals surface area (Å²) >= 11 is 0. The summed E-state index contributed by atoms with van der Waals surface area (Å²) in [6, 6.07) is 4.87. The lowest BCUT2D eigenvalue weighted by Gasteiger charge is -2.25. The summed E-state index contributed by atoms with van der Waals surface area (Å²) in [5.41, 5.74) is 11.5. The van der Waals surface area contributed by atoms with Crippen LogP contribution in [-0.2, 0) is 44.9 Å². The molecular formula is C52H74O8. The maximum atomic E-state index is 12.0. The Labute approximate surface area is 359 Å². The lowest BCUT2D eigenvalue weighted by atomic mass is 9.79. The van der Waals surface area contributed by atoms with Gasteiger partial charge in [-0.05, 0) is 212 Å². The smallest absolute Gasteiger partial charge is 0.309 e. The highest BCUT2D eigenvalue weighted by Crippen LogP contribution is 2.53. The third-order valence-corrected chi connectivity index (χ3v) is 16.0. The number of carboxylic acids is 4. The van der Waals surface area contributed by atoms with Gasteiger partial charge in [-0.2, -0.15) is 0 Å². The fourth-order valence-corrected chi connectivity index (χ4v) is 10.5. The van der Waals surface area contributed by atoms with Crippen LogP contribution < -0.4 is 0 Å². The molecule has 0 saturated heterocycles. The van der Waals surface area contributed by atoms with Crippen molar-refractivity contribution in [2.45, 2.75) is 207 Å². The molecule has 0 radical (unpaired) electrons. The summed E-state index contributed by atoms with van der Waals surface area (Å²) in [5, 5.41) is 39.0. The molecule has 4 N–H and O–H groups in total. The van der Waals surface area contributed by atoms with Gasteiger partial charge in [0.2, 0.25) is 0 Å². The van der Waals surface area contributed by atoms with Crippen LogP contribution in [0.15, 0.2) is 12.1 Å². The van der Waals surface area contributed by atoms with Crippen LogP contribution in [0.4, 0.5) is 0 Å². The van der Waals surface area contributed by atoms with Gasteiger partial charge >= 0.3 is 23.9 Å². The summed E-state index contributed by atoms with van der Waals surface area (Å²) in [4.78, 5) is 47.4. The SMILES string of the molecule is Cc1cc(CCCCCCC2(C(=O)O)CC2)c(-c2cc(CCCCC3(C(=O)O)CC3)c(C)c(CCCCCCC3(C(=O)O)CC3)c2C)c(CCCCC2(C(=O)O)CC2)c1C. The molecule has 0 aromatic heterocycles. The molecule has 60 heavy (non-hydrogen) atoms. The third-order valence-electron chi connectivity index (χ3n) is 16.0. The van der Waals surface area contributed by atoms with Crippen molar-refractivity contribution in [1.29, 1.82) is 0 Å². The first-order chi connectivity index (χ1) is 28.6. The van der Waals surface area contributed by atoms with E-state index in [0.29, 0.717) is 0 Å². The number of carboxylic acid groups (broad SMARTS) is 4. The van der Waals surface area contributed by atoms with Crippen LogP contribution in [0.5, 0.6) is 0 Å². The highest BCUT2D eigenvalue weighted by atomic mass is 16.4. The average molecular weight is 827 g/mol. The quantitative estimate of drug-likeness (QED) is 0.0592. The maximum Gasteiger partial charge on any atom is 0.309 e. The number of aryl methyl sites for hydroxylation is 3. The van der Waals surface area contributed by atoms with Crippen LogP contribution in [0.2, 0.25) is 0 Å². The predicted molar refractivity (Wildman–Crippen MR) is 237 cm³/mol. The Morgan fingerprint density at radius 2 is 0.767 bits per heavy atom. The minimum atomic E-state index is -0.648. The molecule has 2 aromatic rings. The molecule has 0 bridgehead atoms. The number of hydrogen-bond donors (Lipinski definition) is 4. The van der Waals surface area contributed by atoms with E-state index in [-0.39, 0.29) is 0 Å². The van der Waals surface area contributed by atoms with Crippen molar-refractivity contribution in [2.75, 3.05) is 0 Å². The van der Waals surface area contributed by atoms with Crippen LogP contribution in [-0.4, -0.2) is 44.3 Å². The van der Waals surface area contributed by atoms with E-state index in [1.807, 2.05) is 0 Å². The fraction of sp³-hybridized carbons (Fsp3) is 0.692. The highest BCUT2D eigenvalue weighted by Gasteiger charge is 2.51. The van der Waals surface area contributed by atoms with Crippen LogP contribution in [0, 0.1) is 49.4 Å². The Bertz CT molecular complexity index is 1900. The molecule has 0 atom stereocenters. The molecule has 4 aliphatic rings. The van der Waals surface area contributed by atoms with Gasteiger partial charge < -0.3 is 20.4 Å². The molecule has 2 aromatic carbocycles. The molecule has 0 unspecified atom stereocenters. The minimum Gasteiger partial charge on any atom is -0.481 e. The Hall–Kier alpha value is -3.68. The van der Waals surface area contributed by atoms with Gasteiger partial charge in [-0.25, -0.2) is 0 Å². The number of carbonyl (C=O) groups is 4. The monoisotopic (exact) mass is 827 g/mol. The van der Waals surface area contributed by atoms with Crippen molar-refractivity contribution in [3.8, 4) is 11.1 Å². The van der Waals surface area contributed by atoms with E-state index >= 15 is 0 Å². The van der Waals surface area contributed by atoms with Gasteiger partial charge in [-0.1, -0.05) is 63.5 Å². The van der Waals surface area contributed by atoms with Gasteiger partial charge in [0.15, 0.2) is 0 Å². The second-order valence-electron chi connectivity index (χ2n) is 20.2. The van der Waals surface area contributed by atoms with E-state index in [4.69, 9.17) is 0 Å². The van der Waals surface area contributed by atoms with Crippen LogP contribution >= 0.6 is 0 Å². The topological polar surface area (TPSA) is 149 Å². The van der Waals surface area contributed by atoms with Gasteiger partial charge in [0.05, 0.1) is 21.7 Å². The summed E-state index contributed by atoms with van der Waals surface area (Å²) in [6.07, 6.45) is 25.0. The van der Waals surface area contributed by atoms with Gasteiger partial charge in [-0.3, -0.25) is 19.2 Å². The number of hydrogen-bond acceptors (Lipinski definition) is 4. The molecule has 4 saturated carbocycles. The van der Waals surface area contributed by atoms with Gasteiger partial charge in [0.1, 0.15) is 0 Å². The predicted octanol–water partition coefficient (Wildman–Crippen LogP) is 12.5. The Morgan fingerprint density at radius 3 is 1.20 bits per heavy atom. The fourth-order valence-electron chi connectivity index (χ4n) is 10.5. The molecule has 4 fully saturated rings. The molecule has 6 rings (SSSR count). The first-order valence-electron chi connectivity index (χ1n) is 23.8. The molecule has 0 amide bonds. The first-order valence-corrected chi connectivity index (χ1v) is 23.8. The van der Waals surface area contributed by atoms with E-state index in [1.165, 1.54) is 55.6 Å². The van der Waals surface area contributed by atoms with Gasteiger partial charge in [-0.15, -0.1) is 0 Å². The van der Waals surface area contributed by atoms with Crippen molar-refractivity contribution in [3.05, 3.63) is 56.6 Å². The second kappa shape index (κ2) is 19.2. The Kier molecular flexibility index (Phi) is 14.6. The molecule has 8 heteroatoms. The van der Waals surface area contributed by atoms with E-state index in [0.717, 1.165) is 180 Å². The Morgan fingerprint density at radius 1 is 0.417 bits per heavy atom. The van der Waals surface area contributed by atoms with Crippen LogP contribution in [0.1, 0.15) is 199 Å². The standard InChI is InChI=1S/C52H74O8/c1-35-33-40(18-9-5-7-13-21-49(25-26-49)45(53)54)44(42(36(35)2)20-12-16-24-52(31-32-52)48(59)60)43-34-39(17-11-15-23-51(29-30-51)47(57)58)37(3)41(38(43)4)19-10-6-8-14-22-50(27-28-50)46(55)56/h33-34H,5-32H2,1-4H3,(H,53,54)(H,55,56)(H,57,58)(H,59,60). The number of unbranched alkanes of at least 4 members (excludes halogenated alkanes) is 8. The van der Waals surface area contributed by atoms with E-state index in [9.17, 15) is 39.6 Å². The van der Waals surface area contributed by atoms with Gasteiger partial charge in [0.25, 0.3) is 0 Å². The van der Waals surface area contributed by atoms with E-state index < -0.39 is 45.5 Å². The molecule has 4 aliphatic carbocycles. The Balaban J connectivity index is 1.26. The molecular weight excluding hydrogens is 753 g/mol. The molecule has 0 aliphatic heterocycles. The second-order valence-corrected chi connectivity index (χ2v) is 20.2. The van der Waals surface area contributed by atoms with E-state index in [2.05, 4.69) is 39.8 Å². The third kappa shape index (κ3) is 10.7. The molecule has 8 nitrogen and oxygen atoms in total. The van der Waals surface area contributed by atoms with Crippen molar-refractivity contribution in [1.82, 2.24) is 0 Å². The molecule has 0 spiro atoms. The summed E-state index contributed by atoms with van der Waals surface area (Å²) in [7, 11) is 0. The molecule has 0 heterocycles. The van der Waals surface area contributed by atoms with Crippen LogP contribution in [0.25, 0.3) is 11.1 Å². The minimum absolute atomic E-state index is 0.461. The van der Waals surface area contributed by atoms with Crippen molar-refractivity contribution in [3.63, 3.8) is 0 Å². The van der Waals surface area contributed by atoms with Gasteiger partial charge in [0, 0.05) is 0 Å². The zero-order chi connectivity index (χ0) is 43.3. The normalized spacial score (nSPS) is 18.5. The van der Waals surface area contributed by atoms with Crippen LogP contribution in [0.3, 0.4) is 0 Å². The van der Waals surface area contributed by atoms with Crippen molar-refractivity contribution < 1.29 is 39.6 Å². The molecule has 330 valence electrons. The summed E-state index contributed by atoms with van der Waals surface area (Å²) < 4.78 is 0. The lowest BCUT2D eigenvalue weighted by molar-refractivity contribution is -0.144.